The van der Waals surface area contributed by atoms with E-state index < -0.39 is 0 Å². The fourth-order valence-electron chi connectivity index (χ4n) is 2.99. The Morgan fingerprint density at radius 1 is 1.19 bits per heavy atom. The van der Waals surface area contributed by atoms with E-state index in [0.717, 1.165) is 24.8 Å². The predicted molar refractivity (Wildman–Crippen MR) is 96.4 cm³/mol. The molecule has 3 aromatic rings. The summed E-state index contributed by atoms with van der Waals surface area (Å²) in [6.07, 6.45) is 2.42. The monoisotopic (exact) mass is 347 g/mol. The van der Waals surface area contributed by atoms with Crippen molar-refractivity contribution in [2.24, 2.45) is 0 Å². The average molecular weight is 347 g/mol. The molecule has 0 bridgehead atoms. The normalized spacial score (nSPS) is 17.0. The molecule has 0 radical (unpaired) electrons. The van der Waals surface area contributed by atoms with E-state index in [1.54, 1.807) is 18.2 Å². The van der Waals surface area contributed by atoms with E-state index in [0.29, 0.717) is 34.8 Å². The summed E-state index contributed by atoms with van der Waals surface area (Å²) in [6.45, 7) is 0.641. The summed E-state index contributed by atoms with van der Waals surface area (Å²) in [5, 5.41) is 11.8. The van der Waals surface area contributed by atoms with Gasteiger partial charge in [0.15, 0.2) is 5.58 Å². The molecule has 2 heterocycles. The predicted octanol–water partition coefficient (Wildman–Crippen LogP) is 3.87. The van der Waals surface area contributed by atoms with Crippen LogP contribution >= 0.6 is 0 Å². The summed E-state index contributed by atoms with van der Waals surface area (Å²) in [5.74, 6) is 0.368. The second-order valence-electron chi connectivity index (χ2n) is 6.24. The van der Waals surface area contributed by atoms with Gasteiger partial charge in [-0.25, -0.2) is 4.98 Å². The Morgan fingerprint density at radius 2 is 2.04 bits per heavy atom. The maximum Gasteiger partial charge on any atom is 0.253 e. The Bertz CT molecular complexity index is 980. The third-order valence-electron chi connectivity index (χ3n) is 4.39. The van der Waals surface area contributed by atoms with Crippen molar-refractivity contribution in [3.8, 4) is 17.5 Å². The number of nitrogens with zero attached hydrogens (tertiary/aromatic N) is 2. The summed E-state index contributed by atoms with van der Waals surface area (Å²) in [5.41, 5.74) is 3.32. The van der Waals surface area contributed by atoms with Crippen molar-refractivity contribution in [1.29, 1.82) is 5.26 Å². The fourth-order valence-corrected chi connectivity index (χ4v) is 2.99. The first kappa shape index (κ1) is 16.3. The number of carbonyl (C=O) groups excluding carboxylic acids is 1. The number of amides is 1. The molecule has 26 heavy (non-hydrogen) atoms. The molecule has 1 N–H and O–H groups in total. The first-order valence-corrected chi connectivity index (χ1v) is 8.56. The highest BCUT2D eigenvalue weighted by Crippen LogP contribution is 2.26. The highest BCUT2D eigenvalue weighted by Gasteiger charge is 2.21. The van der Waals surface area contributed by atoms with Crippen molar-refractivity contribution < 1.29 is 13.9 Å². The van der Waals surface area contributed by atoms with E-state index >= 15 is 0 Å². The molecule has 1 atom stereocenters. The summed E-state index contributed by atoms with van der Waals surface area (Å²) in [6, 6.07) is 14.5. The number of oxazole rings is 1. The van der Waals surface area contributed by atoms with Crippen LogP contribution in [0.15, 0.2) is 46.9 Å². The van der Waals surface area contributed by atoms with Crippen LogP contribution in [0.1, 0.15) is 24.8 Å². The van der Waals surface area contributed by atoms with Gasteiger partial charge in [-0.3, -0.25) is 4.79 Å². The van der Waals surface area contributed by atoms with Gasteiger partial charge >= 0.3 is 0 Å². The quantitative estimate of drug-likeness (QED) is 0.777. The Kier molecular flexibility index (Phi) is 4.38. The lowest BCUT2D eigenvalue weighted by molar-refractivity contribution is -0.129. The van der Waals surface area contributed by atoms with Gasteiger partial charge in [-0.2, -0.15) is 5.26 Å². The van der Waals surface area contributed by atoms with Crippen LogP contribution in [0.4, 0.5) is 5.69 Å². The Hall–Kier alpha value is -3.17. The minimum Gasteiger partial charge on any atom is -0.436 e. The lowest BCUT2D eigenvalue weighted by Gasteiger charge is -2.21. The number of carbonyl (C=O) groups is 1. The van der Waals surface area contributed by atoms with Gasteiger partial charge in [0, 0.05) is 17.9 Å². The molecular weight excluding hydrogens is 330 g/mol. The van der Waals surface area contributed by atoms with Gasteiger partial charge in [-0.1, -0.05) is 0 Å². The molecule has 0 spiro atoms. The van der Waals surface area contributed by atoms with E-state index in [2.05, 4.69) is 16.4 Å². The molecule has 130 valence electrons. The number of hydrogen-bond donors (Lipinski definition) is 1. The third-order valence-corrected chi connectivity index (χ3v) is 4.39. The Balaban J connectivity index is 1.50. The molecule has 0 saturated carbocycles. The molecule has 1 aliphatic heterocycles. The average Bonchev–Trinajstić information content (AvgIpc) is 3.12. The zero-order valence-corrected chi connectivity index (χ0v) is 14.1. The Morgan fingerprint density at radius 3 is 2.77 bits per heavy atom. The van der Waals surface area contributed by atoms with E-state index in [1.165, 1.54) is 0 Å². The van der Waals surface area contributed by atoms with Crippen LogP contribution in [-0.2, 0) is 9.53 Å². The molecule has 6 heteroatoms. The first-order valence-electron chi connectivity index (χ1n) is 8.56. The zero-order valence-electron chi connectivity index (χ0n) is 14.1. The number of ether oxygens (including phenoxy) is 1. The summed E-state index contributed by atoms with van der Waals surface area (Å²) in [4.78, 5) is 16.6. The van der Waals surface area contributed by atoms with Crippen LogP contribution in [0, 0.1) is 11.3 Å². The van der Waals surface area contributed by atoms with Gasteiger partial charge < -0.3 is 14.5 Å². The van der Waals surface area contributed by atoms with Crippen LogP contribution in [0.5, 0.6) is 0 Å². The van der Waals surface area contributed by atoms with Crippen molar-refractivity contribution in [3.05, 3.63) is 48.0 Å². The zero-order chi connectivity index (χ0) is 17.9. The second kappa shape index (κ2) is 6.98. The second-order valence-corrected chi connectivity index (χ2v) is 6.24. The van der Waals surface area contributed by atoms with E-state index in [9.17, 15) is 4.79 Å². The lowest BCUT2D eigenvalue weighted by atomic mass is 10.1. The number of anilines is 1. The summed E-state index contributed by atoms with van der Waals surface area (Å²) < 4.78 is 11.2. The maximum atomic E-state index is 12.2. The van der Waals surface area contributed by atoms with E-state index in [4.69, 9.17) is 14.4 Å². The lowest BCUT2D eigenvalue weighted by Crippen LogP contribution is -2.33. The van der Waals surface area contributed by atoms with Gasteiger partial charge in [0.1, 0.15) is 11.6 Å². The van der Waals surface area contributed by atoms with Crippen LogP contribution in [0.3, 0.4) is 0 Å². The van der Waals surface area contributed by atoms with Gasteiger partial charge in [-0.15, -0.1) is 0 Å². The van der Waals surface area contributed by atoms with Crippen LogP contribution in [0.2, 0.25) is 0 Å². The van der Waals surface area contributed by atoms with Crippen molar-refractivity contribution in [3.63, 3.8) is 0 Å². The number of aromatic nitrogens is 1. The molecule has 0 aliphatic carbocycles. The van der Waals surface area contributed by atoms with E-state index in [1.807, 2.05) is 24.3 Å². The SMILES string of the molecule is N#Cc1ccc2oc(-c3ccc(NC(=O)C4CCCCO4)cc3)nc2c1. The smallest absolute Gasteiger partial charge is 0.253 e. The molecule has 1 aliphatic rings. The Labute approximate surface area is 150 Å². The number of fused-ring (bicyclic) bond motifs is 1. The highest BCUT2D eigenvalue weighted by molar-refractivity contribution is 5.94. The van der Waals surface area contributed by atoms with Crippen LogP contribution in [0.25, 0.3) is 22.6 Å². The third kappa shape index (κ3) is 3.30. The highest BCUT2D eigenvalue weighted by atomic mass is 16.5. The van der Waals surface area contributed by atoms with Gasteiger partial charge in [-0.05, 0) is 61.7 Å². The van der Waals surface area contributed by atoms with Gasteiger partial charge in [0.25, 0.3) is 5.91 Å². The standard InChI is InChI=1S/C20H17N3O3/c21-12-13-4-9-17-16(11-13)23-20(26-17)14-5-7-15(8-6-14)22-19(24)18-3-1-2-10-25-18/h4-9,11,18H,1-3,10H2,(H,22,24). The molecule has 1 amide bonds. The van der Waals surface area contributed by atoms with Gasteiger partial charge in [0.05, 0.1) is 11.6 Å². The fraction of sp³-hybridized carbons (Fsp3) is 0.250. The number of rotatable bonds is 3. The molecule has 2 aromatic carbocycles. The maximum absolute atomic E-state index is 12.2. The van der Waals surface area contributed by atoms with Gasteiger partial charge in [0.2, 0.25) is 5.89 Å². The van der Waals surface area contributed by atoms with Crippen LogP contribution in [-0.4, -0.2) is 23.6 Å². The van der Waals surface area contributed by atoms with E-state index in [-0.39, 0.29) is 12.0 Å². The molecular formula is C20H17N3O3. The topological polar surface area (TPSA) is 88.2 Å². The molecule has 1 unspecified atom stereocenters. The molecule has 1 aromatic heterocycles. The van der Waals surface area contributed by atoms with Crippen molar-refractivity contribution >= 4 is 22.7 Å². The van der Waals surface area contributed by atoms with Crippen molar-refractivity contribution in [2.75, 3.05) is 11.9 Å². The molecule has 1 fully saturated rings. The molecule has 1 saturated heterocycles. The largest absolute Gasteiger partial charge is 0.436 e. The van der Waals surface area contributed by atoms with Crippen molar-refractivity contribution in [2.45, 2.75) is 25.4 Å². The molecule has 4 rings (SSSR count). The number of hydrogen-bond acceptors (Lipinski definition) is 5. The number of nitrogens with one attached hydrogen (secondary N) is 1. The summed E-state index contributed by atoms with van der Waals surface area (Å²) in [7, 11) is 0. The van der Waals surface area contributed by atoms with Crippen LogP contribution < -0.4 is 5.32 Å². The number of benzene rings is 2. The molecule has 6 nitrogen and oxygen atoms in total. The van der Waals surface area contributed by atoms with Crippen molar-refractivity contribution in [1.82, 2.24) is 4.98 Å². The number of nitriles is 1. The minimum absolute atomic E-state index is 0.108. The minimum atomic E-state index is -0.366. The summed E-state index contributed by atoms with van der Waals surface area (Å²) >= 11 is 0. The first-order chi connectivity index (χ1) is 12.7.